The van der Waals surface area contributed by atoms with E-state index in [-0.39, 0.29) is 11.3 Å². The van der Waals surface area contributed by atoms with Gasteiger partial charge >= 0.3 is 0 Å². The lowest BCUT2D eigenvalue weighted by atomic mass is 9.95. The number of aliphatic hydroxyl groups excluding tert-OH is 1. The molecule has 8 heteroatoms. The van der Waals surface area contributed by atoms with Crippen LogP contribution >= 0.6 is 11.6 Å². The first kappa shape index (κ1) is 21.0. The lowest BCUT2D eigenvalue weighted by Gasteiger charge is -2.25. The van der Waals surface area contributed by atoms with E-state index < -0.39 is 23.5 Å². The average Bonchev–Trinajstić information content (AvgIpc) is 3.10. The van der Waals surface area contributed by atoms with Crippen LogP contribution in [-0.4, -0.2) is 30.0 Å². The standard InChI is InChI=1S/C25H17ClFNO5/c26-16-4-1-14(2-5-16)22-21(23(29)15-3-10-19-20(13-15)33-12-11-32-19)24(30)25(31)28(22)18-8-6-17(27)7-9-18/h1-10,13,22,29H,11-12H2/b23-21-. The monoisotopic (exact) mass is 465 g/mol. The van der Waals surface area contributed by atoms with Gasteiger partial charge < -0.3 is 14.6 Å². The number of hydrogen-bond donors (Lipinski definition) is 1. The molecule has 3 aromatic rings. The summed E-state index contributed by atoms with van der Waals surface area (Å²) in [5, 5.41) is 11.7. The van der Waals surface area contributed by atoms with Crippen LogP contribution in [0.15, 0.2) is 72.3 Å². The van der Waals surface area contributed by atoms with Crippen LogP contribution in [0.5, 0.6) is 11.5 Å². The molecule has 2 heterocycles. The number of rotatable bonds is 3. The Bertz CT molecular complexity index is 1290. The molecule has 1 unspecified atom stereocenters. The molecule has 1 saturated heterocycles. The number of fused-ring (bicyclic) bond motifs is 1. The van der Waals surface area contributed by atoms with E-state index in [4.69, 9.17) is 21.1 Å². The molecule has 166 valence electrons. The summed E-state index contributed by atoms with van der Waals surface area (Å²) in [7, 11) is 0. The highest BCUT2D eigenvalue weighted by Crippen LogP contribution is 2.43. The normalized spacial score (nSPS) is 19.1. The molecule has 33 heavy (non-hydrogen) atoms. The number of ketones is 1. The van der Waals surface area contributed by atoms with Gasteiger partial charge in [0.25, 0.3) is 11.7 Å². The molecule has 1 amide bonds. The van der Waals surface area contributed by atoms with Crippen LogP contribution in [0.4, 0.5) is 10.1 Å². The maximum absolute atomic E-state index is 13.5. The summed E-state index contributed by atoms with van der Waals surface area (Å²) in [5.74, 6) is -1.56. The number of anilines is 1. The zero-order valence-corrected chi connectivity index (χ0v) is 17.9. The minimum absolute atomic E-state index is 0.0941. The SMILES string of the molecule is O=C1C(=O)N(c2ccc(F)cc2)C(c2ccc(Cl)cc2)/C1=C(/O)c1ccc2c(c1)OCCO2. The van der Waals surface area contributed by atoms with E-state index in [2.05, 4.69) is 0 Å². The Labute approximate surface area is 193 Å². The summed E-state index contributed by atoms with van der Waals surface area (Å²) in [6.45, 7) is 0.772. The van der Waals surface area contributed by atoms with E-state index in [9.17, 15) is 19.1 Å². The molecule has 1 atom stereocenters. The first-order valence-corrected chi connectivity index (χ1v) is 10.5. The van der Waals surface area contributed by atoms with Crippen LogP contribution in [0, 0.1) is 5.82 Å². The minimum Gasteiger partial charge on any atom is -0.507 e. The van der Waals surface area contributed by atoms with Crippen molar-refractivity contribution in [1.29, 1.82) is 0 Å². The first-order chi connectivity index (χ1) is 15.9. The van der Waals surface area contributed by atoms with Gasteiger partial charge in [0.2, 0.25) is 0 Å². The molecule has 0 spiro atoms. The second-order valence-corrected chi connectivity index (χ2v) is 7.99. The lowest BCUT2D eigenvalue weighted by molar-refractivity contribution is -0.132. The molecule has 5 rings (SSSR count). The molecule has 1 fully saturated rings. The Balaban J connectivity index is 1.68. The summed E-state index contributed by atoms with van der Waals surface area (Å²) >= 11 is 6.03. The van der Waals surface area contributed by atoms with Crippen molar-refractivity contribution in [3.8, 4) is 11.5 Å². The molecule has 3 aromatic carbocycles. The Kier molecular flexibility index (Phi) is 5.26. The predicted molar refractivity (Wildman–Crippen MR) is 120 cm³/mol. The Hall–Kier alpha value is -3.84. The number of aliphatic hydroxyl groups is 1. The molecule has 0 saturated carbocycles. The number of amides is 1. The van der Waals surface area contributed by atoms with Gasteiger partial charge in [-0.1, -0.05) is 23.7 Å². The summed E-state index contributed by atoms with van der Waals surface area (Å²) in [4.78, 5) is 27.5. The second kappa shape index (κ2) is 8.26. The van der Waals surface area contributed by atoms with E-state index in [1.54, 1.807) is 42.5 Å². The van der Waals surface area contributed by atoms with E-state index in [0.29, 0.717) is 46.5 Å². The van der Waals surface area contributed by atoms with Gasteiger partial charge in [0, 0.05) is 16.3 Å². The molecule has 0 aliphatic carbocycles. The van der Waals surface area contributed by atoms with Crippen molar-refractivity contribution in [2.75, 3.05) is 18.1 Å². The zero-order valence-electron chi connectivity index (χ0n) is 17.1. The molecule has 1 N–H and O–H groups in total. The number of hydrogen-bond acceptors (Lipinski definition) is 5. The summed E-state index contributed by atoms with van der Waals surface area (Å²) < 4.78 is 24.6. The highest BCUT2D eigenvalue weighted by molar-refractivity contribution is 6.51. The highest BCUT2D eigenvalue weighted by atomic mass is 35.5. The van der Waals surface area contributed by atoms with Crippen molar-refractivity contribution in [3.63, 3.8) is 0 Å². The number of nitrogens with zero attached hydrogens (tertiary/aromatic N) is 1. The second-order valence-electron chi connectivity index (χ2n) is 7.56. The lowest BCUT2D eigenvalue weighted by Crippen LogP contribution is -2.29. The molecular formula is C25H17ClFNO5. The van der Waals surface area contributed by atoms with Gasteiger partial charge in [-0.3, -0.25) is 14.5 Å². The number of halogens is 2. The van der Waals surface area contributed by atoms with Crippen molar-refractivity contribution in [3.05, 3.63) is 94.3 Å². The fraction of sp³-hybridized carbons (Fsp3) is 0.120. The van der Waals surface area contributed by atoms with Crippen LogP contribution in [0.3, 0.4) is 0 Å². The summed E-state index contributed by atoms with van der Waals surface area (Å²) in [5.41, 5.74) is 1.08. The topological polar surface area (TPSA) is 76.1 Å². The van der Waals surface area contributed by atoms with Gasteiger partial charge in [0.05, 0.1) is 11.6 Å². The predicted octanol–water partition coefficient (Wildman–Crippen LogP) is 4.88. The number of benzene rings is 3. The third-order valence-electron chi connectivity index (χ3n) is 5.55. The van der Waals surface area contributed by atoms with E-state index >= 15 is 0 Å². The quantitative estimate of drug-likeness (QED) is 0.339. The van der Waals surface area contributed by atoms with Crippen LogP contribution in [0.25, 0.3) is 5.76 Å². The number of Topliss-reactive ketones (excluding diaryl/α,β-unsaturated/α-hetero) is 1. The van der Waals surface area contributed by atoms with Gasteiger partial charge in [-0.25, -0.2) is 4.39 Å². The van der Waals surface area contributed by atoms with Gasteiger partial charge in [-0.15, -0.1) is 0 Å². The number of ether oxygens (including phenoxy) is 2. The maximum Gasteiger partial charge on any atom is 0.300 e. The average molecular weight is 466 g/mol. The smallest absolute Gasteiger partial charge is 0.300 e. The van der Waals surface area contributed by atoms with Crippen LogP contribution in [-0.2, 0) is 9.59 Å². The van der Waals surface area contributed by atoms with Crippen molar-refractivity contribution in [2.24, 2.45) is 0 Å². The van der Waals surface area contributed by atoms with Gasteiger partial charge in [0.15, 0.2) is 11.5 Å². The summed E-state index contributed by atoms with van der Waals surface area (Å²) in [6.07, 6.45) is 0. The van der Waals surface area contributed by atoms with E-state index in [0.717, 1.165) is 0 Å². The Morgan fingerprint density at radius 1 is 0.939 bits per heavy atom. The first-order valence-electron chi connectivity index (χ1n) is 10.2. The van der Waals surface area contributed by atoms with Crippen LogP contribution in [0.1, 0.15) is 17.2 Å². The van der Waals surface area contributed by atoms with Crippen molar-refractivity contribution in [1.82, 2.24) is 0 Å². The number of carbonyl (C=O) groups excluding carboxylic acids is 2. The molecular weight excluding hydrogens is 449 g/mol. The van der Waals surface area contributed by atoms with Crippen LogP contribution < -0.4 is 14.4 Å². The van der Waals surface area contributed by atoms with Crippen LogP contribution in [0.2, 0.25) is 5.02 Å². The zero-order chi connectivity index (χ0) is 23.1. The van der Waals surface area contributed by atoms with Gasteiger partial charge in [0.1, 0.15) is 24.8 Å². The third kappa shape index (κ3) is 3.70. The minimum atomic E-state index is -0.944. The summed E-state index contributed by atoms with van der Waals surface area (Å²) in [6, 6.07) is 15.7. The van der Waals surface area contributed by atoms with Crippen molar-refractivity contribution < 1.29 is 28.6 Å². The van der Waals surface area contributed by atoms with Crippen molar-refractivity contribution in [2.45, 2.75) is 6.04 Å². The molecule has 2 aliphatic heterocycles. The largest absolute Gasteiger partial charge is 0.507 e. The van der Waals surface area contributed by atoms with Crippen molar-refractivity contribution >= 4 is 34.7 Å². The van der Waals surface area contributed by atoms with E-state index in [1.165, 1.54) is 29.2 Å². The number of carbonyl (C=O) groups is 2. The Morgan fingerprint density at radius 3 is 2.30 bits per heavy atom. The van der Waals surface area contributed by atoms with Gasteiger partial charge in [-0.05, 0) is 60.2 Å². The molecule has 2 aliphatic rings. The van der Waals surface area contributed by atoms with E-state index in [1.807, 2.05) is 0 Å². The molecule has 0 bridgehead atoms. The fourth-order valence-electron chi connectivity index (χ4n) is 4.01. The molecule has 0 aromatic heterocycles. The Morgan fingerprint density at radius 2 is 1.61 bits per heavy atom. The van der Waals surface area contributed by atoms with Gasteiger partial charge in [-0.2, -0.15) is 0 Å². The maximum atomic E-state index is 13.5. The highest BCUT2D eigenvalue weighted by Gasteiger charge is 2.47. The fourth-order valence-corrected chi connectivity index (χ4v) is 4.13. The molecule has 0 radical (unpaired) electrons. The third-order valence-corrected chi connectivity index (χ3v) is 5.80. The molecule has 6 nitrogen and oxygen atoms in total.